The van der Waals surface area contributed by atoms with Crippen LogP contribution in [-0.4, -0.2) is 10.2 Å². The van der Waals surface area contributed by atoms with Crippen molar-refractivity contribution in [1.82, 2.24) is 10.2 Å². The van der Waals surface area contributed by atoms with Gasteiger partial charge in [0.25, 0.3) is 0 Å². The summed E-state index contributed by atoms with van der Waals surface area (Å²) in [6.45, 7) is 0. The molecule has 0 saturated carbocycles. The van der Waals surface area contributed by atoms with Crippen LogP contribution >= 0.6 is 59.4 Å². The van der Waals surface area contributed by atoms with Crippen molar-refractivity contribution in [2.24, 2.45) is 0 Å². The minimum Gasteiger partial charge on any atom is -0.452 e. The maximum atomic E-state index is 8.85. The summed E-state index contributed by atoms with van der Waals surface area (Å²) in [6.07, 6.45) is 0. The summed E-state index contributed by atoms with van der Waals surface area (Å²) in [5, 5.41) is 20.0. The van der Waals surface area contributed by atoms with E-state index in [9.17, 15) is 0 Å². The molecule has 5 nitrogen and oxygen atoms in total. The van der Waals surface area contributed by atoms with E-state index in [2.05, 4.69) is 69.4 Å². The standard InChI is InChI=1S/C17H8Br3ClN4O/c18-10-5-12(19)16(13(20)6-10)26-14-7-15(24-25-17(14)21)23-11-3-1-9(8-22)2-4-11/h1-7H,(H,23,24). The molecule has 2 aromatic carbocycles. The number of benzene rings is 2. The van der Waals surface area contributed by atoms with Crippen molar-refractivity contribution < 1.29 is 4.74 Å². The van der Waals surface area contributed by atoms with Crippen molar-refractivity contribution in [1.29, 1.82) is 5.26 Å². The number of hydrogen-bond acceptors (Lipinski definition) is 5. The van der Waals surface area contributed by atoms with Gasteiger partial charge in [-0.05, 0) is 68.3 Å². The van der Waals surface area contributed by atoms with Crippen LogP contribution in [-0.2, 0) is 0 Å². The Hall–Kier alpha value is -1.66. The molecule has 0 unspecified atom stereocenters. The summed E-state index contributed by atoms with van der Waals surface area (Å²) >= 11 is 16.5. The fourth-order valence-corrected chi connectivity index (χ4v) is 4.56. The predicted octanol–water partition coefficient (Wildman–Crippen LogP) is 6.83. The summed E-state index contributed by atoms with van der Waals surface area (Å²) < 4.78 is 8.29. The smallest absolute Gasteiger partial charge is 0.194 e. The Morgan fingerprint density at radius 1 is 1.00 bits per heavy atom. The van der Waals surface area contributed by atoms with Gasteiger partial charge in [-0.2, -0.15) is 5.26 Å². The lowest BCUT2D eigenvalue weighted by Crippen LogP contribution is -1.98. The molecule has 0 radical (unpaired) electrons. The van der Waals surface area contributed by atoms with Crippen LogP contribution in [0.3, 0.4) is 0 Å². The van der Waals surface area contributed by atoms with Gasteiger partial charge in [0.2, 0.25) is 0 Å². The second-order valence-corrected chi connectivity index (χ2v) is 7.98. The number of rotatable bonds is 4. The van der Waals surface area contributed by atoms with Crippen LogP contribution in [0, 0.1) is 11.3 Å². The Bertz CT molecular complexity index is 983. The Labute approximate surface area is 179 Å². The van der Waals surface area contributed by atoms with Gasteiger partial charge < -0.3 is 10.1 Å². The van der Waals surface area contributed by atoms with E-state index < -0.39 is 0 Å². The van der Waals surface area contributed by atoms with Crippen molar-refractivity contribution in [3.8, 4) is 17.6 Å². The summed E-state index contributed by atoms with van der Waals surface area (Å²) in [6, 6.07) is 14.4. The highest BCUT2D eigenvalue weighted by Gasteiger charge is 2.14. The van der Waals surface area contributed by atoms with Crippen molar-refractivity contribution in [3.05, 3.63) is 66.6 Å². The minimum atomic E-state index is 0.136. The second-order valence-electron chi connectivity index (χ2n) is 5.00. The molecule has 1 aromatic heterocycles. The largest absolute Gasteiger partial charge is 0.452 e. The number of ether oxygens (including phenoxy) is 1. The molecular formula is C17H8Br3ClN4O. The third-order valence-corrected chi connectivity index (χ3v) is 5.08. The lowest BCUT2D eigenvalue weighted by Gasteiger charge is -2.12. The van der Waals surface area contributed by atoms with Crippen molar-refractivity contribution in [3.63, 3.8) is 0 Å². The van der Waals surface area contributed by atoms with Crippen molar-refractivity contribution in [2.75, 3.05) is 5.32 Å². The number of anilines is 2. The van der Waals surface area contributed by atoms with Crippen LogP contribution in [0.25, 0.3) is 0 Å². The first-order chi connectivity index (χ1) is 12.5. The van der Waals surface area contributed by atoms with E-state index in [1.165, 1.54) is 0 Å². The summed E-state index contributed by atoms with van der Waals surface area (Å²) in [5.74, 6) is 1.37. The number of hydrogen-bond donors (Lipinski definition) is 1. The molecule has 0 atom stereocenters. The number of aromatic nitrogens is 2. The average Bonchev–Trinajstić information content (AvgIpc) is 2.61. The van der Waals surface area contributed by atoms with Gasteiger partial charge in [0.1, 0.15) is 0 Å². The fourth-order valence-electron chi connectivity index (χ4n) is 2.00. The Balaban J connectivity index is 1.87. The quantitative estimate of drug-likeness (QED) is 0.380. The molecule has 0 amide bonds. The molecule has 0 aliphatic heterocycles. The van der Waals surface area contributed by atoms with Gasteiger partial charge in [0.05, 0.1) is 20.6 Å². The van der Waals surface area contributed by atoms with Gasteiger partial charge in [0, 0.05) is 16.2 Å². The zero-order chi connectivity index (χ0) is 18.7. The first-order valence-electron chi connectivity index (χ1n) is 7.09. The summed E-state index contributed by atoms with van der Waals surface area (Å²) in [5.41, 5.74) is 1.34. The summed E-state index contributed by atoms with van der Waals surface area (Å²) in [4.78, 5) is 0. The molecule has 0 spiro atoms. The van der Waals surface area contributed by atoms with E-state index in [4.69, 9.17) is 21.6 Å². The molecule has 9 heteroatoms. The average molecular weight is 559 g/mol. The van der Waals surface area contributed by atoms with Gasteiger partial charge >= 0.3 is 0 Å². The lowest BCUT2D eigenvalue weighted by molar-refractivity contribution is 0.473. The van der Waals surface area contributed by atoms with Crippen LogP contribution in [0.1, 0.15) is 5.56 Å². The topological polar surface area (TPSA) is 70.8 Å². The van der Waals surface area contributed by atoms with Crippen LogP contribution < -0.4 is 10.1 Å². The molecule has 1 N–H and O–H groups in total. The second kappa shape index (κ2) is 8.35. The maximum absolute atomic E-state index is 8.85. The summed E-state index contributed by atoms with van der Waals surface area (Å²) in [7, 11) is 0. The molecule has 0 fully saturated rings. The van der Waals surface area contributed by atoms with Gasteiger partial charge in [0.15, 0.2) is 22.5 Å². The molecular weight excluding hydrogens is 551 g/mol. The Kier molecular flexibility index (Phi) is 6.14. The predicted molar refractivity (Wildman–Crippen MR) is 111 cm³/mol. The Morgan fingerprint density at radius 3 is 2.27 bits per heavy atom. The maximum Gasteiger partial charge on any atom is 0.194 e. The van der Waals surface area contributed by atoms with E-state index in [-0.39, 0.29) is 5.15 Å². The molecule has 0 bridgehead atoms. The van der Waals surface area contributed by atoms with Crippen LogP contribution in [0.4, 0.5) is 11.5 Å². The van der Waals surface area contributed by atoms with E-state index in [1.807, 2.05) is 12.1 Å². The van der Waals surface area contributed by atoms with Gasteiger partial charge in [-0.25, -0.2) is 0 Å². The van der Waals surface area contributed by atoms with Crippen molar-refractivity contribution >= 4 is 70.9 Å². The van der Waals surface area contributed by atoms with E-state index in [0.29, 0.717) is 22.9 Å². The van der Waals surface area contributed by atoms with Crippen molar-refractivity contribution in [2.45, 2.75) is 0 Å². The molecule has 0 aliphatic carbocycles. The number of nitrogens with zero attached hydrogens (tertiary/aromatic N) is 3. The molecule has 3 aromatic rings. The third kappa shape index (κ3) is 4.54. The van der Waals surface area contributed by atoms with Crippen LogP contribution in [0.5, 0.6) is 11.5 Å². The van der Waals surface area contributed by atoms with E-state index in [0.717, 1.165) is 19.1 Å². The molecule has 26 heavy (non-hydrogen) atoms. The first-order valence-corrected chi connectivity index (χ1v) is 9.85. The fraction of sp³-hybridized carbons (Fsp3) is 0. The SMILES string of the molecule is N#Cc1ccc(Nc2cc(Oc3c(Br)cc(Br)cc3Br)c(Cl)nn2)cc1. The normalized spacial score (nSPS) is 10.3. The zero-order valence-electron chi connectivity index (χ0n) is 12.8. The monoisotopic (exact) mass is 556 g/mol. The van der Waals surface area contributed by atoms with E-state index in [1.54, 1.807) is 30.3 Å². The van der Waals surface area contributed by atoms with E-state index >= 15 is 0 Å². The van der Waals surface area contributed by atoms with Gasteiger partial charge in [-0.1, -0.05) is 27.5 Å². The van der Waals surface area contributed by atoms with Gasteiger partial charge in [-0.15, -0.1) is 10.2 Å². The van der Waals surface area contributed by atoms with Crippen LogP contribution in [0.15, 0.2) is 55.9 Å². The highest BCUT2D eigenvalue weighted by Crippen LogP contribution is 2.40. The number of halogens is 4. The third-order valence-electron chi connectivity index (χ3n) is 3.18. The number of nitrogens with one attached hydrogen (secondary N) is 1. The molecule has 130 valence electrons. The molecule has 3 rings (SSSR count). The highest BCUT2D eigenvalue weighted by atomic mass is 79.9. The van der Waals surface area contributed by atoms with Crippen LogP contribution in [0.2, 0.25) is 5.15 Å². The zero-order valence-corrected chi connectivity index (χ0v) is 18.3. The minimum absolute atomic E-state index is 0.136. The number of nitriles is 1. The molecule has 0 aliphatic rings. The molecule has 1 heterocycles. The highest BCUT2D eigenvalue weighted by molar-refractivity contribution is 9.11. The first kappa shape index (κ1) is 19.1. The molecule has 0 saturated heterocycles. The lowest BCUT2D eigenvalue weighted by atomic mass is 10.2. The van der Waals surface area contributed by atoms with Gasteiger partial charge in [-0.3, -0.25) is 0 Å². The Morgan fingerprint density at radius 2 is 1.65 bits per heavy atom.